The Kier molecular flexibility index (Phi) is 6.25. The number of hydrogen-bond donors (Lipinski definition) is 0. The van der Waals surface area contributed by atoms with E-state index in [2.05, 4.69) is 5.10 Å². The zero-order valence-electron chi connectivity index (χ0n) is 19.8. The van der Waals surface area contributed by atoms with Crippen LogP contribution in [0.5, 0.6) is 0 Å². The number of halogens is 3. The van der Waals surface area contributed by atoms with Crippen molar-refractivity contribution < 1.29 is 22.8 Å². The summed E-state index contributed by atoms with van der Waals surface area (Å²) in [5, 5.41) is 13.3. The number of nitriles is 1. The number of alkyl halides is 3. The molecule has 2 saturated heterocycles. The molecule has 0 N–H and O–H groups in total. The van der Waals surface area contributed by atoms with Crippen molar-refractivity contribution >= 4 is 17.5 Å². The summed E-state index contributed by atoms with van der Waals surface area (Å²) < 4.78 is 42.4. The molecule has 1 aromatic heterocycles. The molecule has 1 spiro atoms. The van der Waals surface area contributed by atoms with Gasteiger partial charge >= 0.3 is 6.18 Å². The van der Waals surface area contributed by atoms with Crippen molar-refractivity contribution in [1.82, 2.24) is 19.6 Å². The highest BCUT2D eigenvalue weighted by molar-refractivity contribution is 5.92. The molecule has 1 aromatic carbocycles. The van der Waals surface area contributed by atoms with Crippen LogP contribution in [0.1, 0.15) is 40.9 Å². The van der Waals surface area contributed by atoms with Crippen molar-refractivity contribution in [2.45, 2.75) is 31.5 Å². The molecule has 1 atom stereocenters. The Balaban J connectivity index is 1.59. The van der Waals surface area contributed by atoms with Crippen molar-refractivity contribution in [3.63, 3.8) is 0 Å². The average Bonchev–Trinajstić information content (AvgIpc) is 3.41. The molecule has 0 bridgehead atoms. The highest BCUT2D eigenvalue weighted by Gasteiger charge is 2.49. The molecule has 35 heavy (non-hydrogen) atoms. The summed E-state index contributed by atoms with van der Waals surface area (Å²) in [6.45, 7) is 1.35. The first-order chi connectivity index (χ1) is 16.4. The number of likely N-dealkylation sites (N-methyl/N-ethyl adjacent to an activating group) is 1. The number of carbonyl (C=O) groups excluding carboxylic acids is 2. The minimum Gasteiger partial charge on any atom is -0.359 e. The van der Waals surface area contributed by atoms with Crippen LogP contribution in [-0.4, -0.2) is 71.2 Å². The standard InChI is InChI=1S/C24H27F3N6O2/c1-30(2)22(35)20-13-23(7-10-32(11-8-23)21(34)19-6-9-31(3)29-19)15-33(20)17-5-4-16(14-28)18(12-17)24(25,26)27/h4-6,9,12,20H,7-8,10-11,13,15H2,1-3H3. The van der Waals surface area contributed by atoms with E-state index in [1.807, 2.05) is 0 Å². The van der Waals surface area contributed by atoms with Gasteiger partial charge in [-0.1, -0.05) is 0 Å². The van der Waals surface area contributed by atoms with Crippen LogP contribution < -0.4 is 4.90 Å². The van der Waals surface area contributed by atoms with Crippen molar-refractivity contribution in [1.29, 1.82) is 5.26 Å². The van der Waals surface area contributed by atoms with E-state index in [0.717, 1.165) is 12.1 Å². The number of anilines is 1. The zero-order valence-corrected chi connectivity index (χ0v) is 19.8. The third-order valence-electron chi connectivity index (χ3n) is 7.04. The van der Waals surface area contributed by atoms with Gasteiger partial charge < -0.3 is 14.7 Å². The number of carbonyl (C=O) groups is 2. The summed E-state index contributed by atoms with van der Waals surface area (Å²) in [4.78, 5) is 30.8. The summed E-state index contributed by atoms with van der Waals surface area (Å²) in [7, 11) is 4.99. The zero-order chi connectivity index (χ0) is 25.5. The molecule has 2 aliphatic rings. The Morgan fingerprint density at radius 3 is 2.43 bits per heavy atom. The van der Waals surface area contributed by atoms with E-state index in [9.17, 15) is 22.8 Å². The molecule has 4 rings (SSSR count). The number of aromatic nitrogens is 2. The molecular formula is C24H27F3N6O2. The van der Waals surface area contributed by atoms with Crippen LogP contribution in [0.3, 0.4) is 0 Å². The Morgan fingerprint density at radius 1 is 1.20 bits per heavy atom. The van der Waals surface area contributed by atoms with Gasteiger partial charge in [0, 0.05) is 52.7 Å². The summed E-state index contributed by atoms with van der Waals surface area (Å²) in [6.07, 6.45) is -1.24. The molecule has 3 heterocycles. The molecule has 186 valence electrons. The second-order valence-electron chi connectivity index (χ2n) is 9.59. The Morgan fingerprint density at radius 2 is 1.89 bits per heavy atom. The monoisotopic (exact) mass is 488 g/mol. The van der Waals surface area contributed by atoms with Gasteiger partial charge in [0.05, 0.1) is 17.2 Å². The lowest BCUT2D eigenvalue weighted by Gasteiger charge is -2.39. The third-order valence-corrected chi connectivity index (χ3v) is 7.04. The van der Waals surface area contributed by atoms with Gasteiger partial charge in [-0.2, -0.15) is 23.5 Å². The first kappa shape index (κ1) is 24.6. The summed E-state index contributed by atoms with van der Waals surface area (Å²) in [6, 6.07) is 6.24. The fraction of sp³-hybridized carbons (Fsp3) is 0.500. The van der Waals surface area contributed by atoms with Crippen molar-refractivity contribution in [3.8, 4) is 6.07 Å². The fourth-order valence-electron chi connectivity index (χ4n) is 5.13. The lowest BCUT2D eigenvalue weighted by Crippen LogP contribution is -2.44. The SMILES string of the molecule is CN(C)C(=O)C1CC2(CCN(C(=O)c3ccn(C)n3)CC2)CN1c1ccc(C#N)c(C(F)(F)F)c1. The van der Waals surface area contributed by atoms with Crippen LogP contribution in [0.15, 0.2) is 30.5 Å². The van der Waals surface area contributed by atoms with Gasteiger partial charge in [0.2, 0.25) is 5.91 Å². The molecule has 2 aliphatic heterocycles. The number of amides is 2. The molecule has 1 unspecified atom stereocenters. The molecule has 0 radical (unpaired) electrons. The number of likely N-dealkylation sites (tertiary alicyclic amines) is 1. The number of nitrogens with zero attached hydrogens (tertiary/aromatic N) is 6. The Labute approximate surface area is 201 Å². The number of rotatable bonds is 3. The van der Waals surface area contributed by atoms with Crippen molar-refractivity contribution in [3.05, 3.63) is 47.3 Å². The van der Waals surface area contributed by atoms with Crippen LogP contribution in [0.4, 0.5) is 18.9 Å². The van der Waals surface area contributed by atoms with Crippen LogP contribution in [0.25, 0.3) is 0 Å². The molecule has 0 aliphatic carbocycles. The van der Waals surface area contributed by atoms with E-state index in [1.165, 1.54) is 11.0 Å². The second-order valence-corrected chi connectivity index (χ2v) is 9.59. The normalized spacial score (nSPS) is 19.6. The van der Waals surface area contributed by atoms with Gasteiger partial charge in [-0.25, -0.2) is 0 Å². The van der Waals surface area contributed by atoms with Gasteiger partial charge in [0.25, 0.3) is 5.91 Å². The first-order valence-corrected chi connectivity index (χ1v) is 11.3. The first-order valence-electron chi connectivity index (χ1n) is 11.3. The topological polar surface area (TPSA) is 85.5 Å². The number of hydrogen-bond acceptors (Lipinski definition) is 5. The highest BCUT2D eigenvalue weighted by Crippen LogP contribution is 2.46. The minimum absolute atomic E-state index is 0.155. The predicted octanol–water partition coefficient (Wildman–Crippen LogP) is 2.90. The van der Waals surface area contributed by atoms with Crippen LogP contribution in [0, 0.1) is 16.7 Å². The van der Waals surface area contributed by atoms with Crippen molar-refractivity contribution in [2.75, 3.05) is 38.6 Å². The lowest BCUT2D eigenvalue weighted by molar-refractivity contribution is -0.137. The van der Waals surface area contributed by atoms with Gasteiger partial charge in [-0.15, -0.1) is 0 Å². The smallest absolute Gasteiger partial charge is 0.359 e. The Hall–Kier alpha value is -3.55. The number of piperidine rings is 1. The van der Waals surface area contributed by atoms with Gasteiger partial charge in [0.1, 0.15) is 11.7 Å². The molecule has 0 saturated carbocycles. The summed E-state index contributed by atoms with van der Waals surface area (Å²) in [5.41, 5.74) is -1.14. The number of aryl methyl sites for hydroxylation is 1. The Bertz CT molecular complexity index is 1170. The van der Waals surface area contributed by atoms with Gasteiger partial charge in [-0.05, 0) is 48.9 Å². The summed E-state index contributed by atoms with van der Waals surface area (Å²) in [5.74, 6) is -0.343. The number of benzene rings is 1. The molecule has 2 amide bonds. The summed E-state index contributed by atoms with van der Waals surface area (Å²) >= 11 is 0. The fourth-order valence-corrected chi connectivity index (χ4v) is 5.13. The quantitative estimate of drug-likeness (QED) is 0.663. The second kappa shape index (κ2) is 8.91. The average molecular weight is 489 g/mol. The van der Waals surface area contributed by atoms with E-state index in [-0.39, 0.29) is 22.9 Å². The van der Waals surface area contributed by atoms with Crippen LogP contribution >= 0.6 is 0 Å². The molecule has 11 heteroatoms. The van der Waals surface area contributed by atoms with Gasteiger partial charge in [0.15, 0.2) is 0 Å². The van der Waals surface area contributed by atoms with Crippen molar-refractivity contribution in [2.24, 2.45) is 12.5 Å². The molecular weight excluding hydrogens is 461 g/mol. The van der Waals surface area contributed by atoms with E-state index in [1.54, 1.807) is 54.0 Å². The van der Waals surface area contributed by atoms with E-state index < -0.39 is 23.3 Å². The van der Waals surface area contributed by atoms with Crippen LogP contribution in [-0.2, 0) is 18.0 Å². The maximum atomic E-state index is 13.6. The van der Waals surface area contributed by atoms with E-state index in [0.29, 0.717) is 44.6 Å². The third kappa shape index (κ3) is 4.70. The highest BCUT2D eigenvalue weighted by atomic mass is 19.4. The molecule has 2 fully saturated rings. The van der Waals surface area contributed by atoms with E-state index in [4.69, 9.17) is 5.26 Å². The predicted molar refractivity (Wildman–Crippen MR) is 121 cm³/mol. The van der Waals surface area contributed by atoms with E-state index >= 15 is 0 Å². The molecule has 2 aromatic rings. The largest absolute Gasteiger partial charge is 0.417 e. The molecule has 8 nitrogen and oxygen atoms in total. The van der Waals surface area contributed by atoms with Gasteiger partial charge in [-0.3, -0.25) is 14.3 Å². The minimum atomic E-state index is -4.68. The van der Waals surface area contributed by atoms with Crippen LogP contribution in [0.2, 0.25) is 0 Å². The maximum Gasteiger partial charge on any atom is 0.417 e. The lowest BCUT2D eigenvalue weighted by atomic mass is 9.76. The maximum absolute atomic E-state index is 13.6.